The van der Waals surface area contributed by atoms with Crippen LogP contribution in [0.2, 0.25) is 0 Å². The normalized spacial score (nSPS) is 11.9. The van der Waals surface area contributed by atoms with Gasteiger partial charge in [0.2, 0.25) is 0 Å². The number of benzene rings is 20. The van der Waals surface area contributed by atoms with Crippen LogP contribution in [-0.4, -0.2) is 0 Å². The molecule has 22 aromatic rings. The van der Waals surface area contributed by atoms with Crippen LogP contribution < -0.4 is 0 Å². The molecule has 2 heterocycles. The molecule has 0 radical (unpaired) electrons. The van der Waals surface area contributed by atoms with Crippen LogP contribution in [0, 0.1) is 0 Å². The van der Waals surface area contributed by atoms with Gasteiger partial charge >= 0.3 is 0 Å². The number of furan rings is 1. The zero-order chi connectivity index (χ0) is 66.9. The van der Waals surface area contributed by atoms with Crippen molar-refractivity contribution in [3.8, 4) is 66.8 Å². The minimum atomic E-state index is 0.906. The first kappa shape index (κ1) is 58.0. The van der Waals surface area contributed by atoms with Crippen molar-refractivity contribution >= 4 is 161 Å². The van der Waals surface area contributed by atoms with Crippen molar-refractivity contribution in [3.05, 3.63) is 364 Å². The lowest BCUT2D eigenvalue weighted by molar-refractivity contribution is 0.669. The van der Waals surface area contributed by atoms with Crippen LogP contribution in [0.25, 0.3) is 217 Å². The van der Waals surface area contributed by atoms with E-state index in [0.29, 0.717) is 0 Å². The van der Waals surface area contributed by atoms with Gasteiger partial charge in [0.05, 0.1) is 0 Å². The molecule has 0 bridgehead atoms. The van der Waals surface area contributed by atoms with Gasteiger partial charge in [-0.3, -0.25) is 0 Å². The number of thiophene rings is 1. The first-order valence-electron chi connectivity index (χ1n) is 35.2. The smallest absolute Gasteiger partial charge is 0.136 e. The summed E-state index contributed by atoms with van der Waals surface area (Å²) in [7, 11) is 0. The minimum Gasteiger partial charge on any atom is -0.456 e. The Kier molecular flexibility index (Phi) is 13.3. The van der Waals surface area contributed by atoms with E-state index in [1.165, 1.54) is 184 Å². The summed E-state index contributed by atoms with van der Waals surface area (Å²) in [5, 5.41) is 30.0. The summed E-state index contributed by atoms with van der Waals surface area (Å²) in [4.78, 5) is 0. The summed E-state index contributed by atoms with van der Waals surface area (Å²) in [6.07, 6.45) is 0. The van der Waals surface area contributed by atoms with Crippen LogP contribution in [0.1, 0.15) is 0 Å². The second kappa shape index (κ2) is 23.3. The summed E-state index contributed by atoms with van der Waals surface area (Å²) in [5.74, 6) is 0. The van der Waals surface area contributed by atoms with Crippen LogP contribution in [-0.2, 0) is 0 Å². The molecule has 0 aliphatic carbocycles. The van der Waals surface area contributed by atoms with Crippen molar-refractivity contribution in [1.82, 2.24) is 0 Å². The Morgan fingerprint density at radius 1 is 0.167 bits per heavy atom. The number of hydrogen-bond acceptors (Lipinski definition) is 2. The largest absolute Gasteiger partial charge is 0.456 e. The van der Waals surface area contributed by atoms with E-state index in [1.54, 1.807) is 0 Å². The molecule has 20 aromatic carbocycles. The van der Waals surface area contributed by atoms with E-state index in [-0.39, 0.29) is 0 Å². The molecular formula is C100H60OS. The molecule has 0 spiro atoms. The van der Waals surface area contributed by atoms with Gasteiger partial charge in [0, 0.05) is 36.3 Å². The molecule has 0 N–H and O–H groups in total. The van der Waals surface area contributed by atoms with Crippen LogP contribution in [0.4, 0.5) is 0 Å². The summed E-state index contributed by atoms with van der Waals surface area (Å²) in [6.45, 7) is 0. The molecule has 1 nitrogen and oxygen atoms in total. The van der Waals surface area contributed by atoms with E-state index in [0.717, 1.165) is 33.1 Å². The average Bonchev–Trinajstić information content (AvgIpc) is 0.936. The van der Waals surface area contributed by atoms with Crippen LogP contribution in [0.3, 0.4) is 0 Å². The van der Waals surface area contributed by atoms with Gasteiger partial charge in [-0.25, -0.2) is 0 Å². The van der Waals surface area contributed by atoms with Gasteiger partial charge < -0.3 is 4.42 Å². The summed E-state index contributed by atoms with van der Waals surface area (Å²) >= 11 is 1.90. The van der Waals surface area contributed by atoms with Gasteiger partial charge in [0.15, 0.2) is 0 Å². The lowest BCUT2D eigenvalue weighted by Gasteiger charge is -2.19. The van der Waals surface area contributed by atoms with Gasteiger partial charge in [-0.2, -0.15) is 0 Å². The van der Waals surface area contributed by atoms with E-state index in [9.17, 15) is 0 Å². The molecule has 102 heavy (non-hydrogen) atoms. The van der Waals surface area contributed by atoms with Gasteiger partial charge in [-0.05, 0) is 242 Å². The van der Waals surface area contributed by atoms with Gasteiger partial charge in [-0.15, -0.1) is 11.3 Å². The maximum Gasteiger partial charge on any atom is 0.136 e. The molecule has 472 valence electrons. The fraction of sp³-hybridized carbons (Fsp3) is 0. The minimum absolute atomic E-state index is 0.906. The Balaban J connectivity index is 0.000000133. The van der Waals surface area contributed by atoms with Gasteiger partial charge in [0.1, 0.15) is 11.2 Å². The number of fused-ring (bicyclic) bond motifs is 17. The standard InChI is InChI=1S/C50H30O.C50H30S/c1-3-11-33-25-39(19-17-31(33)9-1)49-42-15-7-8-16-43(42)50(40-20-18-32-10-2-4-12-34(32)26-40)46-28-37(22-24-44(46)49)38-21-23-41-45-27-35-13-5-6-14-36(35)29-48(45)51-47(41)30-38;1-3-13-33-27-36(23-21-31(33)11-1)48-40-17-6-7-18-41(40)49(37-24-22-32-12-2-4-14-34(32)28-37)45-29-35(25-26-42(45)48)44-30-46-39-16-9-10-20-47(39)51-50(46)43-19-8-5-15-38(43)44/h2*1-30H. The monoisotopic (exact) mass is 1310 g/mol. The van der Waals surface area contributed by atoms with E-state index >= 15 is 0 Å². The Labute approximate surface area is 592 Å². The highest BCUT2D eigenvalue weighted by molar-refractivity contribution is 7.26. The second-order valence-corrected chi connectivity index (χ2v) is 28.4. The van der Waals surface area contributed by atoms with Crippen LogP contribution >= 0.6 is 11.3 Å². The summed E-state index contributed by atoms with van der Waals surface area (Å²) in [6, 6.07) is 134. The Bertz CT molecular complexity index is 7270. The summed E-state index contributed by atoms with van der Waals surface area (Å²) < 4.78 is 9.20. The maximum atomic E-state index is 6.51. The SMILES string of the molecule is c1ccc2cc(-c3c4ccccc4c(-c4ccc5ccccc5c4)c4cc(-c5cc6c7ccccc7sc6c6ccccc56)ccc34)ccc2c1.c1ccc2cc(-c3c4ccccc4c(-c4ccc5ccccc5c4)c4cc(-c5ccc6c(c5)oc5cc7ccccc7cc56)ccc34)ccc2c1. The quantitative estimate of drug-likeness (QED) is 0.151. The van der Waals surface area contributed by atoms with Crippen molar-refractivity contribution in [1.29, 1.82) is 0 Å². The molecule has 0 amide bonds. The Hall–Kier alpha value is -13.0. The number of rotatable bonds is 6. The molecule has 0 aliphatic heterocycles. The topological polar surface area (TPSA) is 13.1 Å². The second-order valence-electron chi connectivity index (χ2n) is 27.3. The van der Waals surface area contributed by atoms with E-state index < -0.39 is 0 Å². The highest BCUT2D eigenvalue weighted by Crippen LogP contribution is 2.50. The van der Waals surface area contributed by atoms with Crippen molar-refractivity contribution in [3.63, 3.8) is 0 Å². The third-order valence-electron chi connectivity index (χ3n) is 21.6. The molecule has 22 rings (SSSR count). The predicted octanol–water partition coefficient (Wildman–Crippen LogP) is 29.2. The maximum absolute atomic E-state index is 6.51. The third-order valence-corrected chi connectivity index (χ3v) is 22.8. The first-order chi connectivity index (χ1) is 50.5. The van der Waals surface area contributed by atoms with Gasteiger partial charge in [-0.1, -0.05) is 291 Å². The molecule has 2 heteroatoms. The van der Waals surface area contributed by atoms with Crippen LogP contribution in [0.5, 0.6) is 0 Å². The molecule has 0 aliphatic rings. The molecular weight excluding hydrogens is 1250 g/mol. The molecule has 0 saturated heterocycles. The third kappa shape index (κ3) is 9.45. The lowest BCUT2D eigenvalue weighted by Crippen LogP contribution is -1.92. The van der Waals surface area contributed by atoms with Gasteiger partial charge in [0.25, 0.3) is 0 Å². The number of hydrogen-bond donors (Lipinski definition) is 0. The lowest BCUT2D eigenvalue weighted by atomic mass is 9.84. The van der Waals surface area contributed by atoms with E-state index in [4.69, 9.17) is 4.42 Å². The van der Waals surface area contributed by atoms with Crippen molar-refractivity contribution in [2.45, 2.75) is 0 Å². The van der Waals surface area contributed by atoms with Crippen molar-refractivity contribution in [2.24, 2.45) is 0 Å². The zero-order valence-electron chi connectivity index (χ0n) is 55.5. The molecule has 2 aromatic heterocycles. The van der Waals surface area contributed by atoms with Crippen molar-refractivity contribution < 1.29 is 4.42 Å². The Morgan fingerprint density at radius 3 is 0.971 bits per heavy atom. The highest BCUT2D eigenvalue weighted by Gasteiger charge is 2.23. The molecule has 0 atom stereocenters. The molecule has 0 fully saturated rings. The molecule has 0 unspecified atom stereocenters. The fourth-order valence-electron chi connectivity index (χ4n) is 16.8. The fourth-order valence-corrected chi connectivity index (χ4v) is 18.0. The predicted molar refractivity (Wildman–Crippen MR) is 441 cm³/mol. The average molecular weight is 1310 g/mol. The Morgan fingerprint density at radius 2 is 0.490 bits per heavy atom. The van der Waals surface area contributed by atoms with Crippen LogP contribution in [0.15, 0.2) is 368 Å². The molecule has 0 saturated carbocycles. The zero-order valence-corrected chi connectivity index (χ0v) is 56.3. The van der Waals surface area contributed by atoms with E-state index in [2.05, 4.69) is 364 Å². The van der Waals surface area contributed by atoms with Crippen molar-refractivity contribution in [2.75, 3.05) is 0 Å². The summed E-state index contributed by atoms with van der Waals surface area (Å²) in [5.41, 5.74) is 16.6. The highest BCUT2D eigenvalue weighted by atomic mass is 32.1. The van der Waals surface area contributed by atoms with E-state index in [1.807, 2.05) is 11.3 Å². The first-order valence-corrected chi connectivity index (χ1v) is 36.0.